The van der Waals surface area contributed by atoms with Gasteiger partial charge in [0.2, 0.25) is 11.4 Å². The quantitative estimate of drug-likeness (QED) is 0.304. The Labute approximate surface area is 112 Å². The summed E-state index contributed by atoms with van der Waals surface area (Å²) in [6, 6.07) is 0. The third-order valence-electron chi connectivity index (χ3n) is 2.36. The van der Waals surface area contributed by atoms with Crippen LogP contribution in [0, 0.1) is 0 Å². The Morgan fingerprint density at radius 3 is 2.20 bits per heavy atom. The van der Waals surface area contributed by atoms with Crippen molar-refractivity contribution in [2.75, 3.05) is 0 Å². The summed E-state index contributed by atoms with van der Waals surface area (Å²) in [5, 5.41) is 14.2. The van der Waals surface area contributed by atoms with Crippen molar-refractivity contribution in [2.45, 2.75) is 18.2 Å². The van der Waals surface area contributed by atoms with E-state index in [2.05, 4.69) is 0 Å². The Morgan fingerprint density at radius 1 is 1.30 bits per heavy atom. The number of hydrogen-bond donors (Lipinski definition) is 4. The Balaban J connectivity index is 3.10. The van der Waals surface area contributed by atoms with Gasteiger partial charge in [-0.1, -0.05) is 0 Å². The van der Waals surface area contributed by atoms with Crippen molar-refractivity contribution in [3.63, 3.8) is 0 Å². The Morgan fingerprint density at radius 2 is 1.80 bits per heavy atom. The van der Waals surface area contributed by atoms with E-state index in [0.717, 1.165) is 27.9 Å². The Hall–Kier alpha value is -1.06. The molecular formula is C7H11N2O9P2-. The van der Waals surface area contributed by atoms with E-state index in [1.165, 1.54) is 0 Å². The van der Waals surface area contributed by atoms with Crippen LogP contribution in [0.2, 0.25) is 0 Å². The first-order valence-electron chi connectivity index (χ1n) is 4.93. The number of carboxylic acids is 1. The van der Waals surface area contributed by atoms with Crippen molar-refractivity contribution < 1.29 is 48.3 Å². The highest BCUT2D eigenvalue weighted by atomic mass is 31.2. The van der Waals surface area contributed by atoms with Crippen molar-refractivity contribution in [3.8, 4) is 0 Å². The smallest absolute Gasteiger partial charge is 0.346 e. The summed E-state index contributed by atoms with van der Waals surface area (Å²) < 4.78 is 23.8. The zero-order valence-electron chi connectivity index (χ0n) is 9.77. The van der Waals surface area contributed by atoms with Gasteiger partial charge in [-0.2, -0.15) is 0 Å². The third kappa shape index (κ3) is 3.53. The predicted molar refractivity (Wildman–Crippen MR) is 56.9 cm³/mol. The monoisotopic (exact) mass is 329 g/mol. The second-order valence-electron chi connectivity index (χ2n) is 3.97. The maximum absolute atomic E-state index is 11.0. The minimum Gasteiger partial charge on any atom is -0.776 e. The van der Waals surface area contributed by atoms with E-state index < -0.39 is 39.3 Å². The first-order chi connectivity index (χ1) is 8.87. The average Bonchev–Trinajstić information content (AvgIpc) is 2.60. The van der Waals surface area contributed by atoms with Gasteiger partial charge in [-0.3, -0.25) is 0 Å². The first kappa shape index (κ1) is 17.0. The molecule has 0 spiro atoms. The molecule has 114 valence electrons. The summed E-state index contributed by atoms with van der Waals surface area (Å²) in [5.41, 5.74) is 0. The van der Waals surface area contributed by atoms with Gasteiger partial charge >= 0.3 is 5.97 Å². The zero-order valence-corrected chi connectivity index (χ0v) is 11.6. The molecule has 0 aromatic carbocycles. The molecule has 2 unspecified atom stereocenters. The summed E-state index contributed by atoms with van der Waals surface area (Å²) in [6.45, 7) is -1.72. The Bertz CT molecular complexity index is 577. The van der Waals surface area contributed by atoms with Gasteiger partial charge in [0.1, 0.15) is 18.9 Å². The zero-order chi connectivity index (χ0) is 15.8. The molecule has 4 N–H and O–H groups in total. The Kier molecular flexibility index (Phi) is 4.57. The second kappa shape index (κ2) is 5.38. The van der Waals surface area contributed by atoms with Crippen molar-refractivity contribution in [2.24, 2.45) is 0 Å². The number of nitrogens with zero attached hydrogens (tertiary/aromatic N) is 2. The molecule has 0 amide bonds. The molecule has 0 bridgehead atoms. The van der Waals surface area contributed by atoms with Gasteiger partial charge in [0.15, 0.2) is 21.7 Å². The predicted octanol–water partition coefficient (Wildman–Crippen LogP) is -3.40. The maximum atomic E-state index is 11.0. The van der Waals surface area contributed by atoms with Crippen molar-refractivity contribution in [1.29, 1.82) is 0 Å². The van der Waals surface area contributed by atoms with Crippen molar-refractivity contribution >= 4 is 21.2 Å². The number of carbonyl (C=O) groups is 1. The topological polar surface area (TPSA) is 187 Å². The van der Waals surface area contributed by atoms with Crippen LogP contribution in [-0.4, -0.2) is 35.6 Å². The van der Waals surface area contributed by atoms with Crippen LogP contribution in [0.15, 0.2) is 18.7 Å². The molecule has 1 heterocycles. The fourth-order valence-corrected chi connectivity index (χ4v) is 3.33. The highest BCUT2D eigenvalue weighted by Gasteiger charge is 2.49. The van der Waals surface area contributed by atoms with Gasteiger partial charge in [0, 0.05) is 0 Å². The van der Waals surface area contributed by atoms with E-state index in [4.69, 9.17) is 14.9 Å². The van der Waals surface area contributed by atoms with Crippen LogP contribution >= 0.6 is 15.2 Å². The lowest BCUT2D eigenvalue weighted by molar-refractivity contribution is -0.685. The molecule has 0 saturated carbocycles. The standard InChI is InChI=1S/C7H12N2O9P2/c10-6(11)3-8-1-2-9(5-8)4-7(12,19(13,14)15)20(16,17)18/h1-2,5,12H,3-4H2,(H4-,10,11,13,14,15,16,17,18)/p-1. The van der Waals surface area contributed by atoms with Gasteiger partial charge < -0.3 is 38.9 Å². The molecule has 1 rings (SSSR count). The van der Waals surface area contributed by atoms with Crippen LogP contribution in [-0.2, 0) is 27.0 Å². The van der Waals surface area contributed by atoms with E-state index in [9.17, 15) is 28.8 Å². The first-order valence-corrected chi connectivity index (χ1v) is 8.09. The molecule has 1 aromatic heterocycles. The van der Waals surface area contributed by atoms with Crippen LogP contribution in [0.3, 0.4) is 0 Å². The summed E-state index contributed by atoms with van der Waals surface area (Å²) in [4.78, 5) is 50.0. The van der Waals surface area contributed by atoms with Crippen molar-refractivity contribution in [3.05, 3.63) is 18.7 Å². The van der Waals surface area contributed by atoms with Crippen LogP contribution in [0.25, 0.3) is 0 Å². The van der Waals surface area contributed by atoms with Crippen LogP contribution in [0.5, 0.6) is 0 Å². The summed E-state index contributed by atoms with van der Waals surface area (Å²) in [5.74, 6) is -1.21. The molecule has 0 aliphatic heterocycles. The highest BCUT2D eigenvalue weighted by molar-refractivity contribution is 7.70. The van der Waals surface area contributed by atoms with E-state index in [0.29, 0.717) is 0 Å². The second-order valence-corrected chi connectivity index (χ2v) is 7.88. The van der Waals surface area contributed by atoms with Gasteiger partial charge in [-0.15, -0.1) is 0 Å². The largest absolute Gasteiger partial charge is 0.776 e. The SMILES string of the molecule is O=C(O)C[n+]1ccn(CC(O)(P(=O)([O-])O)P(=O)([O-])O)c1. The van der Waals surface area contributed by atoms with E-state index in [-0.39, 0.29) is 0 Å². The van der Waals surface area contributed by atoms with Crippen molar-refractivity contribution in [1.82, 2.24) is 4.57 Å². The number of imidazole rings is 1. The van der Waals surface area contributed by atoms with Crippen LogP contribution in [0.1, 0.15) is 0 Å². The van der Waals surface area contributed by atoms with Gasteiger partial charge in [0.05, 0.1) is 0 Å². The molecule has 0 radical (unpaired) electrons. The average molecular weight is 329 g/mol. The normalized spacial score (nSPS) is 20.6. The molecule has 0 aliphatic rings. The maximum Gasteiger partial charge on any atom is 0.346 e. The lowest BCUT2D eigenvalue weighted by Crippen LogP contribution is -2.41. The summed E-state index contributed by atoms with van der Waals surface area (Å²) in [7, 11) is -11.7. The number of rotatable bonds is 6. The van der Waals surface area contributed by atoms with Crippen LogP contribution < -0.4 is 14.4 Å². The minimum absolute atomic E-state index is 0.492. The van der Waals surface area contributed by atoms with Crippen LogP contribution in [0.4, 0.5) is 0 Å². The van der Waals surface area contributed by atoms with E-state index in [1.807, 2.05) is 0 Å². The number of hydrogen-bond acceptors (Lipinski definition) is 6. The van der Waals surface area contributed by atoms with E-state index >= 15 is 0 Å². The van der Waals surface area contributed by atoms with Gasteiger partial charge in [0.25, 0.3) is 0 Å². The molecule has 11 nitrogen and oxygen atoms in total. The molecule has 1 aromatic rings. The number of carboxylic acid groups (broad SMARTS) is 1. The third-order valence-corrected chi connectivity index (χ3v) is 5.97. The van der Waals surface area contributed by atoms with Gasteiger partial charge in [-0.25, -0.2) is 13.9 Å². The molecule has 20 heavy (non-hydrogen) atoms. The fourth-order valence-electron chi connectivity index (χ4n) is 1.37. The summed E-state index contributed by atoms with van der Waals surface area (Å²) >= 11 is 0. The summed E-state index contributed by atoms with van der Waals surface area (Å²) in [6.07, 6.45) is 3.19. The molecule has 13 heteroatoms. The lowest BCUT2D eigenvalue weighted by Gasteiger charge is -2.40. The fraction of sp³-hybridized carbons (Fsp3) is 0.429. The number of aliphatic hydroxyl groups is 1. The molecule has 2 atom stereocenters. The molecule has 0 saturated heterocycles. The van der Waals surface area contributed by atoms with Gasteiger partial charge in [-0.05, 0) is 0 Å². The molecule has 0 fully saturated rings. The number of aliphatic carboxylic acids is 1. The highest BCUT2D eigenvalue weighted by Crippen LogP contribution is 2.63. The van der Waals surface area contributed by atoms with E-state index in [1.54, 1.807) is 0 Å². The molecular weight excluding hydrogens is 318 g/mol. The number of aromatic nitrogens is 2. The lowest BCUT2D eigenvalue weighted by atomic mass is 10.6. The minimum atomic E-state index is -5.86. The molecule has 0 aliphatic carbocycles.